The predicted octanol–water partition coefficient (Wildman–Crippen LogP) is 0.957. The Morgan fingerprint density at radius 3 is 2.34 bits per heavy atom. The van der Waals surface area contributed by atoms with Crippen molar-refractivity contribution in [2.45, 2.75) is 46.7 Å². The summed E-state index contributed by atoms with van der Waals surface area (Å²) in [5.74, 6) is -0.205. The largest absolute Gasteiger partial charge is 0.450 e. The molecule has 0 spiro atoms. The Hall–Kier alpha value is -2.91. The first-order valence-electron chi connectivity index (χ1n) is 9.79. The number of amides is 2. The molecule has 0 aromatic carbocycles. The quantitative estimate of drug-likeness (QED) is 0.755. The second kappa shape index (κ2) is 7.84. The fraction of sp³-hybridized carbons (Fsp3) is 0.632. The van der Waals surface area contributed by atoms with Crippen molar-refractivity contribution in [3.05, 3.63) is 22.2 Å². The van der Waals surface area contributed by atoms with Crippen molar-refractivity contribution in [1.82, 2.24) is 29.4 Å². The van der Waals surface area contributed by atoms with Gasteiger partial charge in [-0.15, -0.1) is 0 Å². The Morgan fingerprint density at radius 1 is 1.14 bits per heavy atom. The van der Waals surface area contributed by atoms with Crippen molar-refractivity contribution < 1.29 is 14.3 Å². The minimum atomic E-state index is -0.375. The van der Waals surface area contributed by atoms with Crippen LogP contribution in [0.15, 0.2) is 11.0 Å². The molecule has 0 N–H and O–H groups in total. The van der Waals surface area contributed by atoms with Gasteiger partial charge in [0.15, 0.2) is 0 Å². The second-order valence-corrected chi connectivity index (χ2v) is 8.10. The molecule has 10 nitrogen and oxygen atoms in total. The molecule has 1 aliphatic heterocycles. The van der Waals surface area contributed by atoms with Crippen LogP contribution in [0, 0.1) is 6.92 Å². The van der Waals surface area contributed by atoms with Gasteiger partial charge in [-0.05, 0) is 34.6 Å². The van der Waals surface area contributed by atoms with Crippen molar-refractivity contribution in [2.75, 3.05) is 32.8 Å². The number of carbonyl (C=O) groups excluding carboxylic acids is 2. The average molecular weight is 404 g/mol. The first kappa shape index (κ1) is 20.8. The average Bonchev–Trinajstić information content (AvgIpc) is 3.12. The van der Waals surface area contributed by atoms with E-state index in [1.807, 2.05) is 20.8 Å². The number of ether oxygens (including phenoxy) is 1. The highest BCUT2D eigenvalue weighted by Crippen LogP contribution is 2.20. The molecule has 2 aromatic heterocycles. The molecule has 0 unspecified atom stereocenters. The number of carbonyl (C=O) groups is 2. The van der Waals surface area contributed by atoms with Gasteiger partial charge in [0.1, 0.15) is 12.1 Å². The number of hydrogen-bond donors (Lipinski definition) is 0. The Balaban J connectivity index is 1.79. The van der Waals surface area contributed by atoms with Crippen LogP contribution in [0.4, 0.5) is 4.79 Å². The molecule has 1 aliphatic rings. The number of aryl methyl sites for hydroxylation is 1. The molecule has 2 amide bonds. The topological polar surface area (TPSA) is 103 Å². The highest BCUT2D eigenvalue weighted by Gasteiger charge is 2.26. The lowest BCUT2D eigenvalue weighted by Crippen LogP contribution is -2.52. The number of piperazine rings is 1. The minimum absolute atomic E-state index is 0.148. The van der Waals surface area contributed by atoms with E-state index in [2.05, 4.69) is 10.2 Å². The molecule has 1 saturated heterocycles. The molecule has 29 heavy (non-hydrogen) atoms. The van der Waals surface area contributed by atoms with Gasteiger partial charge in [0, 0.05) is 31.6 Å². The summed E-state index contributed by atoms with van der Waals surface area (Å²) < 4.78 is 7.88. The highest BCUT2D eigenvalue weighted by molar-refractivity contribution is 5.81. The lowest BCUT2D eigenvalue weighted by Gasteiger charge is -2.34. The number of nitrogens with zero attached hydrogens (tertiary/aromatic N) is 6. The van der Waals surface area contributed by atoms with Crippen molar-refractivity contribution in [3.63, 3.8) is 0 Å². The Bertz CT molecular complexity index is 979. The minimum Gasteiger partial charge on any atom is -0.450 e. The van der Waals surface area contributed by atoms with Crippen LogP contribution in [0.5, 0.6) is 0 Å². The van der Waals surface area contributed by atoms with Gasteiger partial charge in [-0.25, -0.2) is 9.48 Å². The number of aromatic nitrogens is 4. The third-order valence-electron chi connectivity index (χ3n) is 4.95. The van der Waals surface area contributed by atoms with Gasteiger partial charge in [0.2, 0.25) is 5.91 Å². The third-order valence-corrected chi connectivity index (χ3v) is 4.95. The number of rotatable bonds is 3. The van der Waals surface area contributed by atoms with Gasteiger partial charge < -0.3 is 14.5 Å². The molecule has 2 aromatic rings. The van der Waals surface area contributed by atoms with Gasteiger partial charge >= 0.3 is 6.09 Å². The van der Waals surface area contributed by atoms with Gasteiger partial charge in [-0.3, -0.25) is 14.3 Å². The summed E-state index contributed by atoms with van der Waals surface area (Å²) in [7, 11) is 0. The van der Waals surface area contributed by atoms with Crippen molar-refractivity contribution in [3.8, 4) is 0 Å². The summed E-state index contributed by atoms with van der Waals surface area (Å²) in [4.78, 5) is 40.8. The molecule has 0 atom stereocenters. The highest BCUT2D eigenvalue weighted by atomic mass is 16.6. The third kappa shape index (κ3) is 4.10. The van der Waals surface area contributed by atoms with Crippen molar-refractivity contribution >= 4 is 22.9 Å². The van der Waals surface area contributed by atoms with E-state index >= 15 is 0 Å². The Kier molecular flexibility index (Phi) is 5.63. The summed E-state index contributed by atoms with van der Waals surface area (Å²) in [5, 5.41) is 9.37. The van der Waals surface area contributed by atoms with Gasteiger partial charge in [0.05, 0.1) is 24.0 Å². The fourth-order valence-electron chi connectivity index (χ4n) is 3.42. The van der Waals surface area contributed by atoms with Crippen molar-refractivity contribution in [2.24, 2.45) is 0 Å². The monoisotopic (exact) mass is 404 g/mol. The van der Waals surface area contributed by atoms with Crippen LogP contribution in [0.2, 0.25) is 0 Å². The number of fused-ring (bicyclic) bond motifs is 1. The normalized spacial score (nSPS) is 15.1. The van der Waals surface area contributed by atoms with Crippen LogP contribution in [-0.2, 0) is 21.6 Å². The Labute approximate surface area is 169 Å². The zero-order chi connectivity index (χ0) is 21.3. The summed E-state index contributed by atoms with van der Waals surface area (Å²) in [6.07, 6.45) is 1.28. The Morgan fingerprint density at radius 2 is 1.76 bits per heavy atom. The summed E-state index contributed by atoms with van der Waals surface area (Å²) in [6, 6.07) is 0. The van der Waals surface area contributed by atoms with E-state index < -0.39 is 0 Å². The van der Waals surface area contributed by atoms with Crippen molar-refractivity contribution in [1.29, 1.82) is 0 Å². The van der Waals surface area contributed by atoms with E-state index in [0.717, 1.165) is 0 Å². The van der Waals surface area contributed by atoms with Crippen LogP contribution < -0.4 is 5.56 Å². The maximum Gasteiger partial charge on any atom is 0.409 e. The maximum atomic E-state index is 13.0. The zero-order valence-corrected chi connectivity index (χ0v) is 17.6. The van der Waals surface area contributed by atoms with Gasteiger partial charge in [0.25, 0.3) is 5.56 Å². The maximum absolute atomic E-state index is 13.0. The first-order valence-corrected chi connectivity index (χ1v) is 9.79. The molecule has 0 bridgehead atoms. The predicted molar refractivity (Wildman–Crippen MR) is 107 cm³/mol. The molecule has 0 radical (unpaired) electrons. The summed E-state index contributed by atoms with van der Waals surface area (Å²) >= 11 is 0. The van der Waals surface area contributed by atoms with Crippen LogP contribution in [0.3, 0.4) is 0 Å². The van der Waals surface area contributed by atoms with E-state index in [-0.39, 0.29) is 29.6 Å². The SMILES string of the molecule is CCOC(=O)N1CCN(C(=O)Cn2nc(C)c3cnn(C(C)(C)C)c3c2=O)CC1. The van der Waals surface area contributed by atoms with E-state index in [4.69, 9.17) is 4.74 Å². The second-order valence-electron chi connectivity index (χ2n) is 8.10. The molecule has 158 valence electrons. The molecule has 0 aliphatic carbocycles. The molecule has 0 saturated carbocycles. The smallest absolute Gasteiger partial charge is 0.409 e. The lowest BCUT2D eigenvalue weighted by molar-refractivity contribution is -0.133. The molecular formula is C19H28N6O4. The van der Waals surface area contributed by atoms with Gasteiger partial charge in [-0.1, -0.05) is 0 Å². The molecule has 3 heterocycles. The lowest BCUT2D eigenvalue weighted by atomic mass is 10.1. The zero-order valence-electron chi connectivity index (χ0n) is 17.6. The number of hydrogen-bond acceptors (Lipinski definition) is 6. The molecule has 3 rings (SSSR count). The standard InChI is InChI=1S/C19H28N6O4/c1-6-29-18(28)23-9-7-22(8-10-23)15(26)12-24-17(27)16-14(13(2)21-24)11-20-25(16)19(3,4)5/h11H,6-10,12H2,1-5H3. The molecule has 10 heteroatoms. The van der Waals surface area contributed by atoms with Crippen LogP contribution in [0.25, 0.3) is 10.9 Å². The first-order chi connectivity index (χ1) is 13.6. The summed E-state index contributed by atoms with van der Waals surface area (Å²) in [6.45, 7) is 11.2. The van der Waals surface area contributed by atoms with E-state index in [9.17, 15) is 14.4 Å². The van der Waals surface area contributed by atoms with E-state index in [1.54, 1.807) is 34.5 Å². The van der Waals surface area contributed by atoms with Crippen LogP contribution in [0.1, 0.15) is 33.4 Å². The van der Waals surface area contributed by atoms with Gasteiger partial charge in [-0.2, -0.15) is 10.2 Å². The molecule has 1 fully saturated rings. The summed E-state index contributed by atoms with van der Waals surface area (Å²) in [5.41, 5.74) is 0.386. The van der Waals surface area contributed by atoms with E-state index in [0.29, 0.717) is 49.4 Å². The van der Waals surface area contributed by atoms with E-state index in [1.165, 1.54) is 4.68 Å². The fourth-order valence-corrected chi connectivity index (χ4v) is 3.42. The molecular weight excluding hydrogens is 376 g/mol. The van der Waals surface area contributed by atoms with Crippen LogP contribution >= 0.6 is 0 Å². The van der Waals surface area contributed by atoms with Crippen LogP contribution in [-0.4, -0.2) is 74.1 Å².